The van der Waals surface area contributed by atoms with E-state index in [4.69, 9.17) is 4.74 Å². The van der Waals surface area contributed by atoms with Crippen molar-refractivity contribution in [2.24, 2.45) is 0 Å². The third-order valence-corrected chi connectivity index (χ3v) is 2.23. The maximum absolute atomic E-state index is 9.58. The smallest absolute Gasteiger partial charge is 0.120 e. The van der Waals surface area contributed by atoms with Crippen LogP contribution in [-0.4, -0.2) is 22.9 Å². The number of rotatable bonds is 5. The first-order chi connectivity index (χ1) is 8.16. The number of ether oxygens (including phenoxy) is 1. The summed E-state index contributed by atoms with van der Waals surface area (Å²) in [4.78, 5) is 0. The fourth-order valence-electron chi connectivity index (χ4n) is 1.54. The zero-order chi connectivity index (χ0) is 13.8. The lowest BCUT2D eigenvalue weighted by Gasteiger charge is -2.21. The van der Waals surface area contributed by atoms with Gasteiger partial charge in [-0.2, -0.15) is 0 Å². The molecule has 0 aliphatic carbocycles. The van der Waals surface area contributed by atoms with Gasteiger partial charge in [0.1, 0.15) is 11.4 Å². The maximum atomic E-state index is 9.58. The minimum absolute atomic E-state index is 0.166. The normalized spacial score (nSPS) is 12.6. The fourth-order valence-corrected chi connectivity index (χ4v) is 1.54. The van der Waals surface area contributed by atoms with Crippen LogP contribution in [0.1, 0.15) is 40.2 Å². The molecule has 0 spiro atoms. The van der Waals surface area contributed by atoms with Crippen molar-refractivity contribution >= 4 is 0 Å². The lowest BCUT2D eigenvalue weighted by molar-refractivity contribution is 0.0795. The highest BCUT2D eigenvalue weighted by atomic mass is 16.5. The van der Waals surface area contributed by atoms with Crippen molar-refractivity contribution in [3.05, 3.63) is 29.8 Å². The highest BCUT2D eigenvalue weighted by Crippen LogP contribution is 2.18. The molecule has 0 aromatic heterocycles. The van der Waals surface area contributed by atoms with Gasteiger partial charge in [-0.3, -0.25) is 0 Å². The van der Waals surface area contributed by atoms with Gasteiger partial charge in [0.2, 0.25) is 0 Å². The first kappa shape index (κ1) is 15.0. The SMILES string of the molecule is CC(C)(O)CNCc1ccc(OC(C)(C)C)cc1. The Hall–Kier alpha value is -1.06. The van der Waals surface area contributed by atoms with E-state index >= 15 is 0 Å². The molecule has 102 valence electrons. The standard InChI is InChI=1S/C15H25NO2/c1-14(2,3)18-13-8-6-12(7-9-13)10-16-11-15(4,5)17/h6-9,16-17H,10-11H2,1-5H3. The van der Waals surface area contributed by atoms with E-state index in [0.29, 0.717) is 6.54 Å². The molecule has 1 aromatic carbocycles. The maximum Gasteiger partial charge on any atom is 0.120 e. The van der Waals surface area contributed by atoms with Gasteiger partial charge >= 0.3 is 0 Å². The van der Waals surface area contributed by atoms with Crippen LogP contribution in [0, 0.1) is 0 Å². The van der Waals surface area contributed by atoms with E-state index in [1.54, 1.807) is 13.8 Å². The molecule has 0 fully saturated rings. The van der Waals surface area contributed by atoms with Crippen molar-refractivity contribution in [1.82, 2.24) is 5.32 Å². The second-order valence-corrected chi connectivity index (χ2v) is 6.27. The Morgan fingerprint density at radius 2 is 1.61 bits per heavy atom. The van der Waals surface area contributed by atoms with Crippen LogP contribution in [0.3, 0.4) is 0 Å². The Bertz CT molecular complexity index is 358. The van der Waals surface area contributed by atoms with E-state index < -0.39 is 5.60 Å². The molecule has 0 heterocycles. The molecule has 0 saturated carbocycles. The predicted octanol–water partition coefficient (Wildman–Crippen LogP) is 2.72. The van der Waals surface area contributed by atoms with E-state index in [-0.39, 0.29) is 5.60 Å². The summed E-state index contributed by atoms with van der Waals surface area (Å²) < 4.78 is 5.75. The third-order valence-electron chi connectivity index (χ3n) is 2.23. The molecule has 3 heteroatoms. The van der Waals surface area contributed by atoms with Crippen LogP contribution < -0.4 is 10.1 Å². The van der Waals surface area contributed by atoms with Crippen molar-refractivity contribution in [1.29, 1.82) is 0 Å². The van der Waals surface area contributed by atoms with E-state index in [0.717, 1.165) is 12.3 Å². The molecule has 0 amide bonds. The molecule has 1 rings (SSSR count). The average Bonchev–Trinajstić information content (AvgIpc) is 2.16. The van der Waals surface area contributed by atoms with Gasteiger partial charge in [0.15, 0.2) is 0 Å². The minimum atomic E-state index is -0.671. The summed E-state index contributed by atoms with van der Waals surface area (Å²) in [6.45, 7) is 11.0. The first-order valence-corrected chi connectivity index (χ1v) is 6.37. The van der Waals surface area contributed by atoms with Crippen LogP contribution >= 0.6 is 0 Å². The largest absolute Gasteiger partial charge is 0.488 e. The molecule has 0 bridgehead atoms. The van der Waals surface area contributed by atoms with Gasteiger partial charge in [-0.1, -0.05) is 12.1 Å². The predicted molar refractivity (Wildman–Crippen MR) is 74.8 cm³/mol. The van der Waals surface area contributed by atoms with Crippen LogP contribution in [0.15, 0.2) is 24.3 Å². The molecule has 0 unspecified atom stereocenters. The van der Waals surface area contributed by atoms with Gasteiger partial charge in [0.25, 0.3) is 0 Å². The van der Waals surface area contributed by atoms with Gasteiger partial charge < -0.3 is 15.2 Å². The van der Waals surface area contributed by atoms with Gasteiger partial charge in [0.05, 0.1) is 5.60 Å². The third kappa shape index (κ3) is 6.62. The molecule has 2 N–H and O–H groups in total. The van der Waals surface area contributed by atoms with E-state index in [1.165, 1.54) is 5.56 Å². The van der Waals surface area contributed by atoms with Crippen LogP contribution in [0.5, 0.6) is 5.75 Å². The average molecular weight is 251 g/mol. The van der Waals surface area contributed by atoms with Crippen LogP contribution in [0.25, 0.3) is 0 Å². The Morgan fingerprint density at radius 1 is 1.06 bits per heavy atom. The molecule has 0 aliphatic rings. The number of aliphatic hydroxyl groups is 1. The number of nitrogens with one attached hydrogen (secondary N) is 1. The van der Waals surface area contributed by atoms with Gasteiger partial charge in [-0.05, 0) is 52.3 Å². The van der Waals surface area contributed by atoms with Gasteiger partial charge in [0, 0.05) is 13.1 Å². The second kappa shape index (κ2) is 5.72. The fraction of sp³-hybridized carbons (Fsp3) is 0.600. The highest BCUT2D eigenvalue weighted by Gasteiger charge is 2.12. The summed E-state index contributed by atoms with van der Waals surface area (Å²) >= 11 is 0. The van der Waals surface area contributed by atoms with Crippen LogP contribution in [0.4, 0.5) is 0 Å². The molecule has 0 saturated heterocycles. The molecule has 1 aromatic rings. The highest BCUT2D eigenvalue weighted by molar-refractivity contribution is 5.27. The number of hydrogen-bond donors (Lipinski definition) is 2. The molecule has 18 heavy (non-hydrogen) atoms. The number of hydrogen-bond acceptors (Lipinski definition) is 3. The Balaban J connectivity index is 2.46. The summed E-state index contributed by atoms with van der Waals surface area (Å²) in [6, 6.07) is 8.04. The Morgan fingerprint density at radius 3 is 2.06 bits per heavy atom. The number of benzene rings is 1. The molecule has 3 nitrogen and oxygen atoms in total. The van der Waals surface area contributed by atoms with Gasteiger partial charge in [-0.15, -0.1) is 0 Å². The van der Waals surface area contributed by atoms with E-state index in [2.05, 4.69) is 5.32 Å². The Kier molecular flexibility index (Phi) is 4.77. The van der Waals surface area contributed by atoms with E-state index in [9.17, 15) is 5.11 Å². The summed E-state index contributed by atoms with van der Waals surface area (Å²) in [5.74, 6) is 0.883. The van der Waals surface area contributed by atoms with Crippen LogP contribution in [-0.2, 0) is 6.54 Å². The quantitative estimate of drug-likeness (QED) is 0.845. The molecular weight excluding hydrogens is 226 g/mol. The van der Waals surface area contributed by atoms with Crippen molar-refractivity contribution in [2.75, 3.05) is 6.54 Å². The first-order valence-electron chi connectivity index (χ1n) is 6.37. The van der Waals surface area contributed by atoms with Gasteiger partial charge in [-0.25, -0.2) is 0 Å². The Labute approximate surface area is 110 Å². The summed E-state index contributed by atoms with van der Waals surface area (Å²) in [5.41, 5.74) is 0.344. The topological polar surface area (TPSA) is 41.5 Å². The summed E-state index contributed by atoms with van der Waals surface area (Å²) in [7, 11) is 0. The summed E-state index contributed by atoms with van der Waals surface area (Å²) in [5, 5.41) is 12.8. The molecule has 0 atom stereocenters. The molecule has 0 radical (unpaired) electrons. The summed E-state index contributed by atoms with van der Waals surface area (Å²) in [6.07, 6.45) is 0. The van der Waals surface area contributed by atoms with Crippen molar-refractivity contribution in [3.63, 3.8) is 0 Å². The zero-order valence-electron chi connectivity index (χ0n) is 12.1. The van der Waals surface area contributed by atoms with Crippen molar-refractivity contribution in [2.45, 2.75) is 52.4 Å². The molecular formula is C15H25NO2. The minimum Gasteiger partial charge on any atom is -0.488 e. The van der Waals surface area contributed by atoms with Crippen molar-refractivity contribution in [3.8, 4) is 5.75 Å². The lowest BCUT2D eigenvalue weighted by Crippen LogP contribution is -2.34. The monoisotopic (exact) mass is 251 g/mol. The van der Waals surface area contributed by atoms with Crippen molar-refractivity contribution < 1.29 is 9.84 Å². The van der Waals surface area contributed by atoms with Crippen LogP contribution in [0.2, 0.25) is 0 Å². The molecule has 0 aliphatic heterocycles. The lowest BCUT2D eigenvalue weighted by atomic mass is 10.1. The van der Waals surface area contributed by atoms with E-state index in [1.807, 2.05) is 45.0 Å². The zero-order valence-corrected chi connectivity index (χ0v) is 12.1. The second-order valence-electron chi connectivity index (χ2n) is 6.27.